The van der Waals surface area contributed by atoms with Crippen LogP contribution in [0.4, 0.5) is 0 Å². The summed E-state index contributed by atoms with van der Waals surface area (Å²) >= 11 is 0. The maximum Gasteiger partial charge on any atom is 0.262 e. The van der Waals surface area contributed by atoms with Crippen LogP contribution in [-0.4, -0.2) is 32.8 Å². The summed E-state index contributed by atoms with van der Waals surface area (Å²) in [6, 6.07) is 16.4. The van der Waals surface area contributed by atoms with Gasteiger partial charge >= 0.3 is 0 Å². The summed E-state index contributed by atoms with van der Waals surface area (Å²) in [6.45, 7) is 3.15. The normalized spacial score (nSPS) is 10.6. The highest BCUT2D eigenvalue weighted by Gasteiger charge is 2.11. The van der Waals surface area contributed by atoms with E-state index in [2.05, 4.69) is 11.4 Å². The molecular formula is C23H23N3O4. The third-order valence-corrected chi connectivity index (χ3v) is 4.06. The second-order valence-corrected chi connectivity index (χ2v) is 6.12. The SMILES string of the molecule is CCOc1cc(C=C(C#N)C(=O)NCCOC)ccc1OCc1ccccc1C#N. The quantitative estimate of drug-likeness (QED) is 0.370. The van der Waals surface area contributed by atoms with Crippen LogP contribution in [0.3, 0.4) is 0 Å². The van der Waals surface area contributed by atoms with Crippen LogP contribution in [0.5, 0.6) is 11.5 Å². The average Bonchev–Trinajstić information content (AvgIpc) is 2.77. The van der Waals surface area contributed by atoms with E-state index in [0.29, 0.717) is 42.4 Å². The molecule has 1 amide bonds. The summed E-state index contributed by atoms with van der Waals surface area (Å²) < 4.78 is 16.4. The number of nitrogens with one attached hydrogen (secondary N) is 1. The first-order chi connectivity index (χ1) is 14.6. The number of carbonyl (C=O) groups excluding carboxylic acids is 1. The van der Waals surface area contributed by atoms with Gasteiger partial charge in [0.2, 0.25) is 0 Å². The third kappa shape index (κ3) is 6.37. The van der Waals surface area contributed by atoms with Crippen molar-refractivity contribution in [1.29, 1.82) is 10.5 Å². The minimum Gasteiger partial charge on any atom is -0.490 e. The molecule has 0 aliphatic rings. The maximum atomic E-state index is 12.1. The molecule has 7 nitrogen and oxygen atoms in total. The van der Waals surface area contributed by atoms with Crippen molar-refractivity contribution < 1.29 is 19.0 Å². The lowest BCUT2D eigenvalue weighted by Crippen LogP contribution is -2.27. The fourth-order valence-corrected chi connectivity index (χ4v) is 2.59. The molecule has 0 fully saturated rings. The number of carbonyl (C=O) groups is 1. The van der Waals surface area contributed by atoms with Crippen LogP contribution in [0.25, 0.3) is 6.08 Å². The molecule has 1 N–H and O–H groups in total. The number of methoxy groups -OCH3 is 1. The van der Waals surface area contributed by atoms with Gasteiger partial charge in [-0.15, -0.1) is 0 Å². The molecule has 0 aliphatic heterocycles. The Morgan fingerprint density at radius 1 is 1.13 bits per heavy atom. The van der Waals surface area contributed by atoms with Gasteiger partial charge < -0.3 is 19.5 Å². The number of hydrogen-bond donors (Lipinski definition) is 1. The van der Waals surface area contributed by atoms with E-state index in [-0.39, 0.29) is 12.2 Å². The molecule has 0 radical (unpaired) electrons. The Balaban J connectivity index is 2.20. The van der Waals surface area contributed by atoms with Crippen LogP contribution in [0.2, 0.25) is 0 Å². The molecule has 0 atom stereocenters. The zero-order valence-electron chi connectivity index (χ0n) is 17.0. The van der Waals surface area contributed by atoms with Crippen molar-refractivity contribution >= 4 is 12.0 Å². The Morgan fingerprint density at radius 3 is 2.63 bits per heavy atom. The largest absolute Gasteiger partial charge is 0.490 e. The van der Waals surface area contributed by atoms with Crippen molar-refractivity contribution in [3.05, 3.63) is 64.7 Å². The van der Waals surface area contributed by atoms with Gasteiger partial charge in [0.15, 0.2) is 11.5 Å². The summed E-state index contributed by atoms with van der Waals surface area (Å²) in [5.41, 5.74) is 1.92. The molecule has 0 heterocycles. The van der Waals surface area contributed by atoms with Crippen molar-refractivity contribution in [3.63, 3.8) is 0 Å². The van der Waals surface area contributed by atoms with Gasteiger partial charge in [-0.05, 0) is 36.8 Å². The second-order valence-electron chi connectivity index (χ2n) is 6.12. The van der Waals surface area contributed by atoms with Crippen molar-refractivity contribution in [3.8, 4) is 23.6 Å². The average molecular weight is 405 g/mol. The third-order valence-electron chi connectivity index (χ3n) is 4.06. The molecule has 2 aromatic rings. The Kier molecular flexibility index (Phi) is 8.92. The molecule has 0 aliphatic carbocycles. The van der Waals surface area contributed by atoms with Crippen molar-refractivity contribution in [1.82, 2.24) is 5.32 Å². The van der Waals surface area contributed by atoms with Gasteiger partial charge in [-0.2, -0.15) is 10.5 Å². The zero-order chi connectivity index (χ0) is 21.8. The number of nitriles is 2. The highest BCUT2D eigenvalue weighted by molar-refractivity contribution is 6.01. The molecule has 30 heavy (non-hydrogen) atoms. The van der Waals surface area contributed by atoms with Crippen LogP contribution in [0.15, 0.2) is 48.0 Å². The minimum absolute atomic E-state index is 0.0230. The molecular weight excluding hydrogens is 382 g/mol. The maximum absolute atomic E-state index is 12.1. The van der Waals surface area contributed by atoms with Crippen molar-refractivity contribution in [2.45, 2.75) is 13.5 Å². The summed E-state index contributed by atoms with van der Waals surface area (Å²) in [5.74, 6) is 0.517. The number of nitrogens with zero attached hydrogens (tertiary/aromatic N) is 2. The van der Waals surface area contributed by atoms with Gasteiger partial charge in [0, 0.05) is 19.2 Å². The van der Waals surface area contributed by atoms with E-state index in [1.54, 1.807) is 30.3 Å². The van der Waals surface area contributed by atoms with Crippen LogP contribution in [0, 0.1) is 22.7 Å². The van der Waals surface area contributed by atoms with E-state index in [0.717, 1.165) is 5.56 Å². The lowest BCUT2D eigenvalue weighted by Gasteiger charge is -2.13. The highest BCUT2D eigenvalue weighted by atomic mass is 16.5. The fraction of sp³-hybridized carbons (Fsp3) is 0.261. The molecule has 0 saturated heterocycles. The van der Waals surface area contributed by atoms with Crippen molar-refractivity contribution in [2.75, 3.05) is 26.9 Å². The summed E-state index contributed by atoms with van der Waals surface area (Å²) in [6.07, 6.45) is 1.49. The van der Waals surface area contributed by atoms with Gasteiger partial charge in [-0.3, -0.25) is 4.79 Å². The standard InChI is InChI=1S/C23H23N3O4/c1-3-29-22-13-17(12-20(15-25)23(27)26-10-11-28-2)8-9-21(22)30-16-19-7-5-4-6-18(19)14-24/h4-9,12-13H,3,10-11,16H2,1-2H3,(H,26,27). The minimum atomic E-state index is -0.471. The second kappa shape index (κ2) is 11.9. The molecule has 2 rings (SSSR count). The summed E-state index contributed by atoms with van der Waals surface area (Å²) in [5, 5.41) is 21.1. The van der Waals surface area contributed by atoms with Gasteiger partial charge in [-0.1, -0.05) is 24.3 Å². The number of benzene rings is 2. The van der Waals surface area contributed by atoms with E-state index in [1.165, 1.54) is 13.2 Å². The van der Waals surface area contributed by atoms with Gasteiger partial charge in [0.1, 0.15) is 18.2 Å². The monoisotopic (exact) mass is 405 g/mol. The first kappa shape index (κ1) is 22.5. The van der Waals surface area contributed by atoms with Crippen LogP contribution < -0.4 is 14.8 Å². The van der Waals surface area contributed by atoms with Crippen LogP contribution >= 0.6 is 0 Å². The predicted octanol–water partition coefficient (Wildman–Crippen LogP) is 3.21. The van der Waals surface area contributed by atoms with E-state index in [9.17, 15) is 15.3 Å². The Morgan fingerprint density at radius 2 is 1.93 bits per heavy atom. The van der Waals surface area contributed by atoms with E-state index in [1.807, 2.05) is 25.1 Å². The number of hydrogen-bond acceptors (Lipinski definition) is 6. The first-order valence-electron chi connectivity index (χ1n) is 9.39. The smallest absolute Gasteiger partial charge is 0.262 e. The fourth-order valence-electron chi connectivity index (χ4n) is 2.59. The van der Waals surface area contributed by atoms with Crippen LogP contribution in [-0.2, 0) is 16.1 Å². The van der Waals surface area contributed by atoms with E-state index in [4.69, 9.17) is 14.2 Å². The highest BCUT2D eigenvalue weighted by Crippen LogP contribution is 2.30. The van der Waals surface area contributed by atoms with E-state index < -0.39 is 5.91 Å². The first-order valence-corrected chi connectivity index (χ1v) is 9.39. The molecule has 2 aromatic carbocycles. The zero-order valence-corrected chi connectivity index (χ0v) is 17.0. The lowest BCUT2D eigenvalue weighted by atomic mass is 10.1. The lowest BCUT2D eigenvalue weighted by molar-refractivity contribution is -0.117. The van der Waals surface area contributed by atoms with Gasteiger partial charge in [0.25, 0.3) is 5.91 Å². The molecule has 0 saturated carbocycles. The molecule has 0 aromatic heterocycles. The Bertz CT molecular complexity index is 987. The van der Waals surface area contributed by atoms with Crippen molar-refractivity contribution in [2.24, 2.45) is 0 Å². The molecule has 0 bridgehead atoms. The molecule has 0 spiro atoms. The van der Waals surface area contributed by atoms with Gasteiger partial charge in [-0.25, -0.2) is 0 Å². The topological polar surface area (TPSA) is 104 Å². The summed E-state index contributed by atoms with van der Waals surface area (Å²) in [7, 11) is 1.53. The predicted molar refractivity (Wildman–Crippen MR) is 112 cm³/mol. The van der Waals surface area contributed by atoms with Crippen LogP contribution in [0.1, 0.15) is 23.6 Å². The molecule has 7 heteroatoms. The Hall–Kier alpha value is -3.81. The number of amides is 1. The van der Waals surface area contributed by atoms with Gasteiger partial charge in [0.05, 0.1) is 24.8 Å². The molecule has 0 unspecified atom stereocenters. The Labute approximate surface area is 176 Å². The number of ether oxygens (including phenoxy) is 3. The molecule has 154 valence electrons. The van der Waals surface area contributed by atoms with E-state index >= 15 is 0 Å². The summed E-state index contributed by atoms with van der Waals surface area (Å²) in [4.78, 5) is 12.1. The number of rotatable bonds is 10.